The number of rotatable bonds is 8. The van der Waals surface area contributed by atoms with Crippen LogP contribution in [0.2, 0.25) is 0 Å². The molecule has 0 heterocycles. The number of esters is 1. The number of nitrogens with one attached hydrogen (secondary N) is 2. The van der Waals surface area contributed by atoms with E-state index >= 15 is 0 Å². The molecule has 1 unspecified atom stereocenters. The lowest BCUT2D eigenvalue weighted by Gasteiger charge is -2.72. The molecule has 0 aliphatic heterocycles. The molecular formula is C48H67FN2O7. The topological polar surface area (TPSA) is 139 Å². The standard InChI is InChI=1S/C48H67FN2O7/c1-26(2)36-32(52)25-48(51-41(57)44(7,8)50-38(53)27-12-14-28(49)15-13-27)23-22-46(10)29(37(36)48)16-17-34-45(9)20-19-35(43(5,6)33(45)18-21-47(34,46)11)58-40(56)31-24-30(39(54)55)42(31,3)4/h12-15,26,29-31,33-35H,16-25H2,1-11H3,(H,50,53)(H,51,57)(H,54,55)/t29-,30+,31?,33+,34-,35+,45+,46-,47-,48-/m1/s1. The first-order chi connectivity index (χ1) is 26.8. The molecule has 0 bridgehead atoms. The van der Waals surface area contributed by atoms with Crippen molar-refractivity contribution in [1.29, 1.82) is 0 Å². The van der Waals surface area contributed by atoms with Crippen molar-refractivity contribution in [2.45, 2.75) is 158 Å². The van der Waals surface area contributed by atoms with Gasteiger partial charge in [-0.2, -0.15) is 0 Å². The molecule has 10 heteroatoms. The van der Waals surface area contributed by atoms with E-state index in [2.05, 4.69) is 59.1 Å². The van der Waals surface area contributed by atoms with E-state index in [0.717, 1.165) is 56.1 Å². The van der Waals surface area contributed by atoms with Crippen molar-refractivity contribution in [2.75, 3.05) is 0 Å². The van der Waals surface area contributed by atoms with Gasteiger partial charge in [-0.3, -0.25) is 24.0 Å². The lowest BCUT2D eigenvalue weighted by Crippen LogP contribution is -2.68. The fourth-order valence-electron chi connectivity index (χ4n) is 14.3. The zero-order valence-electron chi connectivity index (χ0n) is 36.7. The molecule has 0 spiro atoms. The van der Waals surface area contributed by atoms with Crippen molar-refractivity contribution in [2.24, 2.45) is 62.6 Å². The lowest BCUT2D eigenvalue weighted by molar-refractivity contribution is -0.235. The zero-order chi connectivity index (χ0) is 42.8. The molecule has 9 nitrogen and oxygen atoms in total. The summed E-state index contributed by atoms with van der Waals surface area (Å²) in [4.78, 5) is 67.1. The third-order valence-corrected chi connectivity index (χ3v) is 17.9. The van der Waals surface area contributed by atoms with Crippen molar-refractivity contribution >= 4 is 29.5 Å². The predicted octanol–water partition coefficient (Wildman–Crippen LogP) is 8.84. The number of fused-ring (bicyclic) bond motifs is 7. The zero-order valence-corrected chi connectivity index (χ0v) is 36.7. The maximum atomic E-state index is 14.3. The minimum Gasteiger partial charge on any atom is -0.481 e. The van der Waals surface area contributed by atoms with Crippen LogP contribution in [0, 0.1) is 68.4 Å². The number of allylic oxidation sites excluding steroid dienone is 1. The Labute approximate surface area is 344 Å². The first-order valence-corrected chi connectivity index (χ1v) is 21.9. The maximum absolute atomic E-state index is 14.3. The molecule has 0 saturated heterocycles. The second kappa shape index (κ2) is 13.7. The molecule has 10 atom stereocenters. The van der Waals surface area contributed by atoms with E-state index in [4.69, 9.17) is 4.74 Å². The fourth-order valence-corrected chi connectivity index (χ4v) is 14.3. The number of hydrogen-bond acceptors (Lipinski definition) is 6. The van der Waals surface area contributed by atoms with Crippen LogP contribution in [0.15, 0.2) is 35.4 Å². The summed E-state index contributed by atoms with van der Waals surface area (Å²) in [5.74, 6) is -2.38. The third-order valence-electron chi connectivity index (χ3n) is 17.9. The number of carboxylic acids is 1. The van der Waals surface area contributed by atoms with Crippen LogP contribution in [0.5, 0.6) is 0 Å². The van der Waals surface area contributed by atoms with Crippen molar-refractivity contribution in [3.63, 3.8) is 0 Å². The van der Waals surface area contributed by atoms with Crippen molar-refractivity contribution in [3.8, 4) is 0 Å². The van der Waals surface area contributed by atoms with Gasteiger partial charge in [0.15, 0.2) is 5.78 Å². The average Bonchev–Trinajstić information content (AvgIpc) is 3.41. The van der Waals surface area contributed by atoms with E-state index < -0.39 is 46.0 Å². The molecule has 6 aliphatic carbocycles. The van der Waals surface area contributed by atoms with Gasteiger partial charge in [0, 0.05) is 17.4 Å². The van der Waals surface area contributed by atoms with Gasteiger partial charge in [-0.1, -0.05) is 62.3 Å². The number of ether oxygens (including phenoxy) is 1. The highest BCUT2D eigenvalue weighted by molar-refractivity contribution is 6.03. The van der Waals surface area contributed by atoms with Crippen LogP contribution in [-0.4, -0.2) is 51.8 Å². The van der Waals surface area contributed by atoms with E-state index in [0.29, 0.717) is 24.7 Å². The Morgan fingerprint density at radius 1 is 0.828 bits per heavy atom. The number of benzene rings is 1. The normalized spacial score (nSPS) is 38.7. The van der Waals surface area contributed by atoms with Gasteiger partial charge in [0.2, 0.25) is 5.91 Å². The Bertz CT molecular complexity index is 1950. The highest BCUT2D eigenvalue weighted by atomic mass is 19.1. The second-order valence-corrected chi connectivity index (χ2v) is 22.1. The molecular weight excluding hydrogens is 736 g/mol. The predicted molar refractivity (Wildman–Crippen MR) is 219 cm³/mol. The number of hydrogen-bond donors (Lipinski definition) is 3. The highest BCUT2D eigenvalue weighted by Gasteiger charge is 2.71. The maximum Gasteiger partial charge on any atom is 0.309 e. The van der Waals surface area contributed by atoms with Gasteiger partial charge in [0.05, 0.1) is 17.4 Å². The number of ketones is 1. The van der Waals surface area contributed by atoms with E-state index in [1.165, 1.54) is 24.3 Å². The fraction of sp³-hybridized carbons (Fsp3) is 0.729. The number of carboxylic acid groups (broad SMARTS) is 1. The van der Waals surface area contributed by atoms with Crippen LogP contribution in [0.3, 0.4) is 0 Å². The molecule has 5 fully saturated rings. The van der Waals surface area contributed by atoms with Gasteiger partial charge in [0.1, 0.15) is 17.5 Å². The molecule has 318 valence electrons. The number of halogens is 1. The molecule has 0 aromatic heterocycles. The summed E-state index contributed by atoms with van der Waals surface area (Å²) in [6.45, 7) is 23.3. The minimum absolute atomic E-state index is 0.00656. The van der Waals surface area contributed by atoms with Crippen LogP contribution < -0.4 is 10.6 Å². The number of carbonyl (C=O) groups excluding carboxylic acids is 4. The lowest BCUT2D eigenvalue weighted by atomic mass is 9.33. The molecule has 1 aromatic rings. The van der Waals surface area contributed by atoms with Gasteiger partial charge < -0.3 is 20.5 Å². The molecule has 7 rings (SSSR count). The van der Waals surface area contributed by atoms with Crippen molar-refractivity contribution in [3.05, 3.63) is 46.8 Å². The number of aliphatic carboxylic acids is 1. The summed E-state index contributed by atoms with van der Waals surface area (Å²) in [5.41, 5.74) is -0.968. The first kappa shape index (κ1) is 42.6. The van der Waals surface area contributed by atoms with E-state index in [1.54, 1.807) is 13.8 Å². The van der Waals surface area contributed by atoms with Gasteiger partial charge in [-0.15, -0.1) is 0 Å². The molecule has 2 amide bonds. The van der Waals surface area contributed by atoms with Gasteiger partial charge >= 0.3 is 11.9 Å². The molecule has 3 N–H and O–H groups in total. The van der Waals surface area contributed by atoms with Crippen LogP contribution >= 0.6 is 0 Å². The van der Waals surface area contributed by atoms with E-state index in [9.17, 15) is 33.5 Å². The first-order valence-electron chi connectivity index (χ1n) is 21.9. The smallest absolute Gasteiger partial charge is 0.309 e. The summed E-state index contributed by atoms with van der Waals surface area (Å²) in [7, 11) is 0. The quantitative estimate of drug-likeness (QED) is 0.223. The summed E-state index contributed by atoms with van der Waals surface area (Å²) >= 11 is 0. The Hall–Kier alpha value is -3.56. The van der Waals surface area contributed by atoms with Crippen LogP contribution in [0.25, 0.3) is 0 Å². The van der Waals surface area contributed by atoms with Crippen LogP contribution in [-0.2, 0) is 23.9 Å². The van der Waals surface area contributed by atoms with Crippen molar-refractivity contribution < 1.29 is 38.2 Å². The molecule has 5 saturated carbocycles. The molecule has 0 radical (unpaired) electrons. The number of Topliss-reactive ketones (excluding diaryl/α,β-unsaturated/α-hetero) is 1. The van der Waals surface area contributed by atoms with Crippen molar-refractivity contribution in [1.82, 2.24) is 10.6 Å². The summed E-state index contributed by atoms with van der Waals surface area (Å²) in [6, 6.07) is 5.23. The van der Waals surface area contributed by atoms with Crippen LogP contribution in [0.1, 0.15) is 151 Å². The third kappa shape index (κ3) is 6.13. The highest BCUT2D eigenvalue weighted by Crippen LogP contribution is 2.76. The Morgan fingerprint density at radius 3 is 2.09 bits per heavy atom. The summed E-state index contributed by atoms with van der Waals surface area (Å²) in [6.07, 6.45) is 7.46. The van der Waals surface area contributed by atoms with Gasteiger partial charge in [0.25, 0.3) is 5.91 Å². The van der Waals surface area contributed by atoms with Gasteiger partial charge in [-0.05, 0) is 152 Å². The van der Waals surface area contributed by atoms with Crippen LogP contribution in [0.4, 0.5) is 4.39 Å². The second-order valence-electron chi connectivity index (χ2n) is 22.1. The van der Waals surface area contributed by atoms with E-state index in [1.807, 2.05) is 13.8 Å². The summed E-state index contributed by atoms with van der Waals surface area (Å²) in [5, 5.41) is 15.9. The number of carbonyl (C=O) groups is 5. The summed E-state index contributed by atoms with van der Waals surface area (Å²) < 4.78 is 20.0. The monoisotopic (exact) mass is 802 g/mol. The minimum atomic E-state index is -1.30. The molecule has 6 aliphatic rings. The Balaban J connectivity index is 1.13. The number of amides is 2. The molecule has 1 aromatic carbocycles. The Morgan fingerprint density at radius 2 is 1.48 bits per heavy atom. The Kier molecular flexibility index (Phi) is 10.1. The SMILES string of the molecule is CC(C)C1=C2[C@H]3CC[C@@H]4[C@@]5(C)CC[C@H](OC(=O)C6C[C@@H](C(=O)O)C6(C)C)C(C)(C)[C@@H]5CC[C@@]4(C)[C@]3(C)CC[C@@]2(NC(=O)C(C)(C)NC(=O)c2ccc(F)cc2)CC1=O. The average molecular weight is 803 g/mol. The van der Waals surface area contributed by atoms with Gasteiger partial charge in [-0.25, -0.2) is 4.39 Å². The molecule has 58 heavy (non-hydrogen) atoms. The van der Waals surface area contributed by atoms with E-state index in [-0.39, 0.29) is 69.2 Å². The largest absolute Gasteiger partial charge is 0.481 e.